The number of hydrogen-bond acceptors (Lipinski definition) is 5. The molecule has 0 aromatic heterocycles. The number of anilines is 2. The Kier molecular flexibility index (Phi) is 5.13. The fraction of sp³-hybridized carbons (Fsp3) is 0.278. The van der Waals surface area contributed by atoms with Crippen molar-refractivity contribution in [2.75, 3.05) is 37.4 Å². The molecule has 0 radical (unpaired) electrons. The van der Waals surface area contributed by atoms with Gasteiger partial charge in [0.05, 0.1) is 24.8 Å². The minimum absolute atomic E-state index is 0.116. The van der Waals surface area contributed by atoms with E-state index in [4.69, 9.17) is 9.47 Å². The lowest BCUT2D eigenvalue weighted by Gasteiger charge is -2.17. The van der Waals surface area contributed by atoms with Gasteiger partial charge in [0.25, 0.3) is 10.0 Å². The average Bonchev–Trinajstić information content (AvgIpc) is 3.10. The standard InChI is InChI=1S/C18H21N3O5S/c1-19-18(22)21-9-8-12-10-14(5-6-16(12)21)27(23,24)20-15-11-13(25-2)4-7-17(15)26-3/h4-7,10-11,20H,8-9H2,1-3H3,(H,19,22). The Hall–Kier alpha value is -2.94. The number of fused-ring (bicyclic) bond motifs is 1. The maximum Gasteiger partial charge on any atom is 0.321 e. The molecule has 0 saturated heterocycles. The molecule has 0 atom stereocenters. The van der Waals surface area contributed by atoms with Crippen molar-refractivity contribution in [1.29, 1.82) is 0 Å². The molecular formula is C18H21N3O5S. The van der Waals surface area contributed by atoms with Crippen LogP contribution in [-0.2, 0) is 16.4 Å². The van der Waals surface area contributed by atoms with Gasteiger partial charge >= 0.3 is 6.03 Å². The summed E-state index contributed by atoms with van der Waals surface area (Å²) in [5, 5.41) is 2.58. The predicted molar refractivity (Wildman–Crippen MR) is 102 cm³/mol. The van der Waals surface area contributed by atoms with Gasteiger partial charge in [-0.3, -0.25) is 9.62 Å². The maximum atomic E-state index is 12.8. The molecule has 144 valence electrons. The second kappa shape index (κ2) is 7.36. The van der Waals surface area contributed by atoms with Crippen LogP contribution in [0, 0.1) is 0 Å². The van der Waals surface area contributed by atoms with Gasteiger partial charge in [0, 0.05) is 25.3 Å². The van der Waals surface area contributed by atoms with Gasteiger partial charge in [-0.25, -0.2) is 13.2 Å². The number of rotatable bonds is 5. The average molecular weight is 391 g/mol. The summed E-state index contributed by atoms with van der Waals surface area (Å²) < 4.78 is 38.6. The Morgan fingerprint density at radius 2 is 1.89 bits per heavy atom. The first-order chi connectivity index (χ1) is 12.9. The number of ether oxygens (including phenoxy) is 2. The van der Waals surface area contributed by atoms with Crippen molar-refractivity contribution in [3.05, 3.63) is 42.0 Å². The van der Waals surface area contributed by atoms with Crippen LogP contribution in [0.15, 0.2) is 41.3 Å². The topological polar surface area (TPSA) is 97.0 Å². The lowest BCUT2D eigenvalue weighted by molar-refractivity contribution is 0.248. The van der Waals surface area contributed by atoms with Gasteiger partial charge < -0.3 is 14.8 Å². The van der Waals surface area contributed by atoms with Gasteiger partial charge in [-0.05, 0) is 42.3 Å². The van der Waals surface area contributed by atoms with Crippen molar-refractivity contribution in [3.8, 4) is 11.5 Å². The molecule has 0 unspecified atom stereocenters. The maximum absolute atomic E-state index is 12.8. The normalized spacial score (nSPS) is 13.1. The van der Waals surface area contributed by atoms with Crippen molar-refractivity contribution in [1.82, 2.24) is 5.32 Å². The smallest absolute Gasteiger partial charge is 0.321 e. The highest BCUT2D eigenvalue weighted by atomic mass is 32.2. The van der Waals surface area contributed by atoms with Crippen LogP contribution in [-0.4, -0.2) is 42.3 Å². The van der Waals surface area contributed by atoms with Crippen LogP contribution in [0.1, 0.15) is 5.56 Å². The summed E-state index contributed by atoms with van der Waals surface area (Å²) in [7, 11) is 0.679. The summed E-state index contributed by atoms with van der Waals surface area (Å²) in [6, 6.07) is 9.36. The predicted octanol–water partition coefficient (Wildman–Crippen LogP) is 2.21. The summed E-state index contributed by atoms with van der Waals surface area (Å²) in [6.07, 6.45) is 0.592. The Morgan fingerprint density at radius 1 is 1.11 bits per heavy atom. The van der Waals surface area contributed by atoms with Crippen LogP contribution >= 0.6 is 0 Å². The molecule has 0 bridgehead atoms. The molecule has 2 amide bonds. The molecule has 3 rings (SSSR count). The molecule has 2 N–H and O–H groups in total. The number of nitrogens with zero attached hydrogens (tertiary/aromatic N) is 1. The first-order valence-corrected chi connectivity index (χ1v) is 9.75. The molecule has 1 aliphatic heterocycles. The first-order valence-electron chi connectivity index (χ1n) is 8.26. The quantitative estimate of drug-likeness (QED) is 0.815. The van der Waals surface area contributed by atoms with Crippen molar-refractivity contribution < 1.29 is 22.7 Å². The number of urea groups is 1. The largest absolute Gasteiger partial charge is 0.497 e. The molecule has 1 aliphatic rings. The number of nitrogens with one attached hydrogen (secondary N) is 2. The zero-order chi connectivity index (χ0) is 19.6. The SMILES string of the molecule is CNC(=O)N1CCc2cc(S(=O)(=O)Nc3cc(OC)ccc3OC)ccc21. The zero-order valence-corrected chi connectivity index (χ0v) is 16.1. The summed E-state index contributed by atoms with van der Waals surface area (Å²) in [5.41, 5.74) is 1.80. The fourth-order valence-electron chi connectivity index (χ4n) is 2.99. The van der Waals surface area contributed by atoms with Crippen molar-refractivity contribution in [2.45, 2.75) is 11.3 Å². The molecule has 0 fully saturated rings. The molecule has 2 aromatic rings. The number of amides is 2. The minimum Gasteiger partial charge on any atom is -0.497 e. The van der Waals surface area contributed by atoms with Gasteiger partial charge in [0.2, 0.25) is 0 Å². The number of carbonyl (C=O) groups excluding carboxylic acids is 1. The van der Waals surface area contributed by atoms with Gasteiger partial charge in [-0.15, -0.1) is 0 Å². The summed E-state index contributed by atoms with van der Waals surface area (Å²) >= 11 is 0. The van der Waals surface area contributed by atoms with Gasteiger partial charge in [0.15, 0.2) is 0 Å². The van der Waals surface area contributed by atoms with E-state index < -0.39 is 10.0 Å². The van der Waals surface area contributed by atoms with Crippen molar-refractivity contribution in [2.24, 2.45) is 0 Å². The highest BCUT2D eigenvalue weighted by Crippen LogP contribution is 2.33. The van der Waals surface area contributed by atoms with Crippen molar-refractivity contribution >= 4 is 27.4 Å². The second-order valence-corrected chi connectivity index (χ2v) is 7.60. The third kappa shape index (κ3) is 3.63. The van der Waals surface area contributed by atoms with E-state index in [1.54, 1.807) is 42.3 Å². The third-order valence-corrected chi connectivity index (χ3v) is 5.73. The Labute approximate surface area is 158 Å². The molecule has 9 heteroatoms. The van der Waals surface area contributed by atoms with E-state index in [0.717, 1.165) is 5.56 Å². The fourth-order valence-corrected chi connectivity index (χ4v) is 4.10. The number of carbonyl (C=O) groups is 1. The number of hydrogen-bond donors (Lipinski definition) is 2. The van der Waals surface area contributed by atoms with Crippen LogP contribution in [0.2, 0.25) is 0 Å². The van der Waals surface area contributed by atoms with E-state index in [9.17, 15) is 13.2 Å². The monoisotopic (exact) mass is 391 g/mol. The Morgan fingerprint density at radius 3 is 2.56 bits per heavy atom. The van der Waals surface area contributed by atoms with E-state index in [2.05, 4.69) is 10.0 Å². The van der Waals surface area contributed by atoms with E-state index >= 15 is 0 Å². The molecule has 27 heavy (non-hydrogen) atoms. The Bertz CT molecular complexity index is 975. The molecule has 2 aromatic carbocycles. The highest BCUT2D eigenvalue weighted by molar-refractivity contribution is 7.92. The summed E-state index contributed by atoms with van der Waals surface area (Å²) in [4.78, 5) is 13.6. The number of methoxy groups -OCH3 is 2. The van der Waals surface area contributed by atoms with Crippen LogP contribution in [0.25, 0.3) is 0 Å². The number of benzene rings is 2. The summed E-state index contributed by atoms with van der Waals surface area (Å²) in [5.74, 6) is 0.884. The number of sulfonamides is 1. The van der Waals surface area contributed by atoms with Crippen molar-refractivity contribution in [3.63, 3.8) is 0 Å². The molecule has 1 heterocycles. The summed E-state index contributed by atoms with van der Waals surface area (Å²) in [6.45, 7) is 0.510. The van der Waals surface area contributed by atoms with Crippen LogP contribution < -0.4 is 24.4 Å². The molecule has 0 spiro atoms. The molecular weight excluding hydrogens is 370 g/mol. The third-order valence-electron chi connectivity index (χ3n) is 4.37. The van der Waals surface area contributed by atoms with E-state index in [-0.39, 0.29) is 16.6 Å². The first kappa shape index (κ1) is 18.8. The van der Waals surface area contributed by atoms with Crippen LogP contribution in [0.3, 0.4) is 0 Å². The zero-order valence-electron chi connectivity index (χ0n) is 15.3. The van der Waals surface area contributed by atoms with Gasteiger partial charge in [-0.2, -0.15) is 0 Å². The van der Waals surface area contributed by atoms with E-state index in [1.807, 2.05) is 0 Å². The second-order valence-electron chi connectivity index (χ2n) is 5.92. The van der Waals surface area contributed by atoms with Gasteiger partial charge in [-0.1, -0.05) is 0 Å². The van der Waals surface area contributed by atoms with Gasteiger partial charge in [0.1, 0.15) is 11.5 Å². The van der Waals surface area contributed by atoms with Crippen LogP contribution in [0.5, 0.6) is 11.5 Å². The Balaban J connectivity index is 1.92. The molecule has 0 aliphatic carbocycles. The highest BCUT2D eigenvalue weighted by Gasteiger charge is 2.26. The minimum atomic E-state index is -3.84. The lowest BCUT2D eigenvalue weighted by Crippen LogP contribution is -2.36. The van der Waals surface area contributed by atoms with E-state index in [1.165, 1.54) is 20.3 Å². The molecule has 8 nitrogen and oxygen atoms in total. The lowest BCUT2D eigenvalue weighted by atomic mass is 10.2. The van der Waals surface area contributed by atoms with E-state index in [0.29, 0.717) is 30.2 Å². The molecule has 0 saturated carbocycles. The van der Waals surface area contributed by atoms with Crippen LogP contribution in [0.4, 0.5) is 16.2 Å².